The van der Waals surface area contributed by atoms with Crippen molar-refractivity contribution in [2.75, 3.05) is 40.1 Å². The third kappa shape index (κ3) is 14.7. The first-order valence-electron chi connectivity index (χ1n) is 21.4. The van der Waals surface area contributed by atoms with Gasteiger partial charge in [-0.3, -0.25) is 23.9 Å². The second kappa shape index (κ2) is 24.6. The van der Waals surface area contributed by atoms with E-state index in [0.29, 0.717) is 31.4 Å². The summed E-state index contributed by atoms with van der Waals surface area (Å²) in [5.41, 5.74) is 6.20. The maximum atomic E-state index is 14.3. The first kappa shape index (κ1) is 52.3. The summed E-state index contributed by atoms with van der Waals surface area (Å²) < 4.78 is 39.3. The van der Waals surface area contributed by atoms with Gasteiger partial charge in [0.05, 0.1) is 42.4 Å². The Morgan fingerprint density at radius 3 is 2.05 bits per heavy atom. The molecule has 342 valence electrons. The minimum absolute atomic E-state index is 0.0363. The Balaban J connectivity index is 2.33. The molecule has 0 unspecified atom stereocenters. The number of hydrogen-bond acceptors (Lipinski definition) is 10. The van der Waals surface area contributed by atoms with Gasteiger partial charge in [0.25, 0.3) is 5.91 Å². The van der Waals surface area contributed by atoms with Gasteiger partial charge in [-0.1, -0.05) is 71.4 Å². The van der Waals surface area contributed by atoms with Crippen LogP contribution in [0.15, 0.2) is 30.3 Å². The number of likely N-dealkylation sites (N-methyl/N-ethyl adjacent to an activating group) is 1. The number of hydrogen-bond donors (Lipinski definition) is 4. The van der Waals surface area contributed by atoms with Crippen LogP contribution in [0.3, 0.4) is 0 Å². The van der Waals surface area contributed by atoms with Gasteiger partial charge in [-0.25, -0.2) is 13.2 Å². The molecule has 1 saturated heterocycles. The number of benzene rings is 1. The summed E-state index contributed by atoms with van der Waals surface area (Å²) in [6.45, 7) is 17.7. The molecule has 0 saturated carbocycles. The lowest BCUT2D eigenvalue weighted by Crippen LogP contribution is -2.60. The van der Waals surface area contributed by atoms with Crippen molar-refractivity contribution in [2.45, 2.75) is 149 Å². The molecule has 6 amide bonds. The smallest absolute Gasteiger partial charge is 0.318 e. The lowest BCUT2D eigenvalue weighted by atomic mass is 9.89. The quantitative estimate of drug-likeness (QED) is 0.119. The summed E-state index contributed by atoms with van der Waals surface area (Å²) in [5, 5.41) is 5.75. The highest BCUT2D eigenvalue weighted by atomic mass is 32.2. The number of amides is 6. The number of nitrogens with one attached hydrogen (secondary N) is 3. The maximum Gasteiger partial charge on any atom is 0.318 e. The Hall–Kier alpha value is -3.80. The van der Waals surface area contributed by atoms with Crippen LogP contribution in [0.1, 0.15) is 100.0 Å². The first-order valence-corrected chi connectivity index (χ1v) is 23.1. The van der Waals surface area contributed by atoms with Crippen LogP contribution in [0.2, 0.25) is 0 Å². The monoisotopic (exact) mass is 866 g/mol. The number of urea groups is 1. The van der Waals surface area contributed by atoms with Crippen LogP contribution in [0.5, 0.6) is 0 Å². The average molecular weight is 866 g/mol. The molecular formula is C43H75N7O9S. The summed E-state index contributed by atoms with van der Waals surface area (Å²) >= 11 is 0. The zero-order valence-corrected chi connectivity index (χ0v) is 38.9. The van der Waals surface area contributed by atoms with Gasteiger partial charge in [-0.2, -0.15) is 0 Å². The molecule has 0 aliphatic carbocycles. The fourth-order valence-corrected chi connectivity index (χ4v) is 9.32. The van der Waals surface area contributed by atoms with Crippen LogP contribution in [0.25, 0.3) is 0 Å². The minimum Gasteiger partial charge on any atom is -0.379 e. The van der Waals surface area contributed by atoms with E-state index in [9.17, 15) is 32.4 Å². The Morgan fingerprint density at radius 1 is 0.917 bits per heavy atom. The van der Waals surface area contributed by atoms with E-state index in [1.165, 1.54) is 14.2 Å². The molecule has 1 heterocycles. The van der Waals surface area contributed by atoms with Gasteiger partial charge in [0.1, 0.15) is 12.1 Å². The molecule has 60 heavy (non-hydrogen) atoms. The molecule has 0 spiro atoms. The number of carbonyl (C=O) groups excluding carboxylic acids is 5. The zero-order chi connectivity index (χ0) is 45.5. The molecule has 16 nitrogen and oxygen atoms in total. The summed E-state index contributed by atoms with van der Waals surface area (Å²) in [6, 6.07) is 5.40. The molecule has 1 aromatic carbocycles. The number of rotatable bonds is 24. The molecular weight excluding hydrogens is 791 g/mol. The molecule has 0 radical (unpaired) electrons. The van der Waals surface area contributed by atoms with Crippen molar-refractivity contribution in [3.63, 3.8) is 0 Å². The van der Waals surface area contributed by atoms with E-state index >= 15 is 0 Å². The van der Waals surface area contributed by atoms with E-state index in [1.807, 2.05) is 61.5 Å². The number of sulfonamides is 1. The second-order valence-electron chi connectivity index (χ2n) is 17.0. The largest absolute Gasteiger partial charge is 0.379 e. The summed E-state index contributed by atoms with van der Waals surface area (Å²) in [7, 11) is 0.690. The zero-order valence-electron chi connectivity index (χ0n) is 38.1. The van der Waals surface area contributed by atoms with Crippen LogP contribution in [-0.4, -0.2) is 141 Å². The Labute approximate surface area is 359 Å². The lowest BCUT2D eigenvalue weighted by Gasteiger charge is -2.41. The van der Waals surface area contributed by atoms with Crippen molar-refractivity contribution in [3.05, 3.63) is 35.9 Å². The fourth-order valence-electron chi connectivity index (χ4n) is 8.22. The molecule has 2 rings (SSSR count). The van der Waals surface area contributed by atoms with Crippen LogP contribution in [0, 0.1) is 17.8 Å². The maximum absolute atomic E-state index is 14.3. The van der Waals surface area contributed by atoms with Crippen molar-refractivity contribution < 1.29 is 41.9 Å². The number of nitrogens with zero attached hydrogens (tertiary/aromatic N) is 3. The van der Waals surface area contributed by atoms with E-state index in [2.05, 4.69) is 15.4 Å². The summed E-state index contributed by atoms with van der Waals surface area (Å²) in [6.07, 6.45) is 0.581. The van der Waals surface area contributed by atoms with Crippen molar-refractivity contribution in [1.82, 2.24) is 30.1 Å². The Morgan fingerprint density at radius 2 is 1.53 bits per heavy atom. The number of likely N-dealkylation sites (tertiary alicyclic amines) is 1. The van der Waals surface area contributed by atoms with Crippen molar-refractivity contribution in [2.24, 2.45) is 23.5 Å². The van der Waals surface area contributed by atoms with Gasteiger partial charge in [0, 0.05) is 46.3 Å². The van der Waals surface area contributed by atoms with E-state index in [-0.39, 0.29) is 73.3 Å². The Kier molecular flexibility index (Phi) is 21.5. The molecule has 0 aromatic heterocycles. The third-order valence-electron chi connectivity index (χ3n) is 11.6. The fraction of sp³-hybridized carbons (Fsp3) is 0.744. The molecule has 0 bridgehead atoms. The molecule has 8 atom stereocenters. The van der Waals surface area contributed by atoms with E-state index < -0.39 is 64.1 Å². The highest BCUT2D eigenvalue weighted by Gasteiger charge is 2.43. The number of nitrogens with two attached hydrogens (primary N) is 1. The minimum atomic E-state index is -4.00. The molecule has 1 aliphatic rings. The Bertz CT molecular complexity index is 1640. The molecule has 17 heteroatoms. The standard InChI is InChI=1S/C43H75N7O9S/c1-13-30(8)38(48(10)42(54)37(27(2)3)46-43(55)50(28(4)5)29(6)7)35(58-11)26-36(51)49-23-17-21-34(49)39(59-12)31(9)40(52)45-33(25-32-19-15-14-16-20-32)41(53)47-60(56,57)24-18-22-44/h14-16,19-20,27-31,33-35,37-39H,13,17-18,21-26,44H2,1-12H3,(H,45,52)(H,46,55)(H,47,53)/t30-,31+,33-,34-,35+,37-,38-,39+/m0/s1. The van der Waals surface area contributed by atoms with Crippen LogP contribution in [0.4, 0.5) is 4.79 Å². The molecule has 1 aromatic rings. The molecule has 1 fully saturated rings. The highest BCUT2D eigenvalue weighted by Crippen LogP contribution is 2.30. The number of methoxy groups -OCH3 is 2. The van der Waals surface area contributed by atoms with Crippen molar-refractivity contribution in [1.29, 1.82) is 0 Å². The van der Waals surface area contributed by atoms with E-state index in [1.54, 1.807) is 52.9 Å². The van der Waals surface area contributed by atoms with Crippen LogP contribution < -0.4 is 21.1 Å². The van der Waals surface area contributed by atoms with Gasteiger partial charge in [0.2, 0.25) is 27.7 Å². The van der Waals surface area contributed by atoms with E-state index in [0.717, 1.165) is 0 Å². The van der Waals surface area contributed by atoms with Crippen molar-refractivity contribution >= 4 is 39.7 Å². The SMILES string of the molecule is CC[C@H](C)[C@@H]([C@@H](CC(=O)N1CCC[C@H]1[C@H](OC)[C@@H](C)C(=O)N[C@@H](Cc1ccccc1)C(=O)NS(=O)(=O)CCCN)OC)N(C)C(=O)[C@@H](NC(=O)N(C(C)C)C(C)C)C(C)C. The highest BCUT2D eigenvalue weighted by molar-refractivity contribution is 7.90. The number of carbonyl (C=O) groups is 5. The van der Waals surface area contributed by atoms with Gasteiger partial charge >= 0.3 is 6.03 Å². The predicted molar refractivity (Wildman–Crippen MR) is 233 cm³/mol. The third-order valence-corrected chi connectivity index (χ3v) is 12.9. The molecule has 1 aliphatic heterocycles. The normalized spacial score (nSPS) is 18.0. The lowest BCUT2D eigenvalue weighted by molar-refractivity contribution is -0.147. The van der Waals surface area contributed by atoms with Gasteiger partial charge in [-0.15, -0.1) is 0 Å². The van der Waals surface area contributed by atoms with Gasteiger partial charge in [-0.05, 0) is 70.9 Å². The van der Waals surface area contributed by atoms with Gasteiger partial charge in [0.15, 0.2) is 0 Å². The predicted octanol–water partition coefficient (Wildman–Crippen LogP) is 3.28. The second-order valence-corrected chi connectivity index (χ2v) is 18.9. The van der Waals surface area contributed by atoms with Crippen molar-refractivity contribution in [3.8, 4) is 0 Å². The number of ether oxygens (including phenoxy) is 2. The van der Waals surface area contributed by atoms with Gasteiger partial charge < -0.3 is 40.5 Å². The summed E-state index contributed by atoms with van der Waals surface area (Å²) in [5.74, 6) is -3.41. The van der Waals surface area contributed by atoms with E-state index in [4.69, 9.17) is 15.2 Å². The average Bonchev–Trinajstić information content (AvgIpc) is 3.67. The molecule has 5 N–H and O–H groups in total. The van der Waals surface area contributed by atoms with Crippen LogP contribution in [-0.2, 0) is 45.1 Å². The topological polar surface area (TPSA) is 210 Å². The van der Waals surface area contributed by atoms with Crippen LogP contribution >= 0.6 is 0 Å². The summed E-state index contributed by atoms with van der Waals surface area (Å²) in [4.78, 5) is 74.4. The first-order chi connectivity index (χ1) is 28.2.